The second kappa shape index (κ2) is 10.9. The van der Waals surface area contributed by atoms with Crippen molar-refractivity contribution in [1.82, 2.24) is 10.2 Å². The highest BCUT2D eigenvalue weighted by Crippen LogP contribution is 2.45. The fourth-order valence-corrected chi connectivity index (χ4v) is 6.98. The number of carbonyl (C=O) groups is 2. The lowest BCUT2D eigenvalue weighted by molar-refractivity contribution is -0.132. The van der Waals surface area contributed by atoms with Crippen LogP contribution in [0.1, 0.15) is 35.2 Å². The number of fused-ring (bicyclic) bond motifs is 1. The molecule has 0 saturated carbocycles. The van der Waals surface area contributed by atoms with Crippen LogP contribution in [0.3, 0.4) is 0 Å². The largest absolute Gasteiger partial charge is 0.507 e. The SMILES string of the molecule is C[C@H]1Cc2cc(/C(O)=C3\C(=O)C(=O)N(c4nnc(SCc5ccc(Cl)cc5)s4)[C@H]3c3cccc(Cl)c3)ccc2O1. The van der Waals surface area contributed by atoms with E-state index in [9.17, 15) is 14.7 Å². The van der Waals surface area contributed by atoms with E-state index >= 15 is 0 Å². The molecule has 0 aliphatic carbocycles. The van der Waals surface area contributed by atoms with Crippen molar-refractivity contribution in [3.8, 4) is 5.75 Å². The van der Waals surface area contributed by atoms with E-state index in [4.69, 9.17) is 27.9 Å². The Balaban J connectivity index is 1.38. The zero-order valence-corrected chi connectivity index (χ0v) is 24.2. The Hall–Kier alpha value is -3.37. The maximum Gasteiger partial charge on any atom is 0.301 e. The molecular weight excluding hydrogens is 589 g/mol. The molecule has 1 aromatic heterocycles. The minimum atomic E-state index is -0.941. The number of aromatic nitrogens is 2. The van der Waals surface area contributed by atoms with E-state index in [2.05, 4.69) is 10.2 Å². The van der Waals surface area contributed by atoms with Gasteiger partial charge >= 0.3 is 5.91 Å². The van der Waals surface area contributed by atoms with Gasteiger partial charge in [-0.2, -0.15) is 0 Å². The molecule has 3 heterocycles. The fraction of sp³-hybridized carbons (Fsp3) is 0.172. The molecule has 0 bridgehead atoms. The molecule has 0 unspecified atom stereocenters. The Morgan fingerprint density at radius 1 is 1.07 bits per heavy atom. The molecule has 1 amide bonds. The number of hydrogen-bond acceptors (Lipinski definition) is 8. The summed E-state index contributed by atoms with van der Waals surface area (Å²) in [4.78, 5) is 28.2. The van der Waals surface area contributed by atoms with Crippen molar-refractivity contribution >= 4 is 68.9 Å². The Kier molecular flexibility index (Phi) is 7.31. The molecule has 4 aromatic rings. The molecule has 1 saturated heterocycles. The van der Waals surface area contributed by atoms with Crippen molar-refractivity contribution in [2.24, 2.45) is 0 Å². The van der Waals surface area contributed by atoms with Crippen LogP contribution in [0.2, 0.25) is 10.0 Å². The zero-order valence-electron chi connectivity index (χ0n) is 21.0. The number of aliphatic hydroxyl groups excluding tert-OH is 1. The van der Waals surface area contributed by atoms with Crippen LogP contribution in [0.4, 0.5) is 5.13 Å². The predicted molar refractivity (Wildman–Crippen MR) is 157 cm³/mol. The smallest absolute Gasteiger partial charge is 0.301 e. The number of hydrogen-bond donors (Lipinski definition) is 1. The molecular formula is C29H21Cl2N3O4S2. The van der Waals surface area contributed by atoms with Crippen molar-refractivity contribution in [2.75, 3.05) is 4.90 Å². The van der Waals surface area contributed by atoms with Crippen LogP contribution in [0.5, 0.6) is 5.75 Å². The van der Waals surface area contributed by atoms with Crippen LogP contribution in [0.25, 0.3) is 5.76 Å². The van der Waals surface area contributed by atoms with Gasteiger partial charge in [-0.05, 0) is 66.1 Å². The minimum absolute atomic E-state index is 0.0218. The number of aliphatic hydroxyl groups is 1. The molecule has 0 spiro atoms. The number of ether oxygens (including phenoxy) is 1. The minimum Gasteiger partial charge on any atom is -0.507 e. The van der Waals surface area contributed by atoms with Gasteiger partial charge in [-0.3, -0.25) is 14.5 Å². The number of rotatable bonds is 6. The molecule has 40 heavy (non-hydrogen) atoms. The second-order valence-corrected chi connectivity index (χ2v) is 12.5. The normalized spacial score (nSPS) is 19.6. The standard InChI is InChI=1S/C29H21Cl2N3O4S2/c1-15-11-19-12-18(7-10-22(19)38-15)25(35)23-24(17-3-2-4-21(31)13-17)34(27(37)26(23)36)28-32-33-29(40-28)39-14-16-5-8-20(30)9-6-16/h2-10,12-13,15,24,35H,11,14H2,1H3/b25-23+/t15-,24-/m0/s1. The molecule has 1 N–H and O–H groups in total. The summed E-state index contributed by atoms with van der Waals surface area (Å²) in [7, 11) is 0. The Labute approximate surface area is 248 Å². The molecule has 11 heteroatoms. The van der Waals surface area contributed by atoms with E-state index < -0.39 is 17.7 Å². The number of amides is 1. The fourth-order valence-electron chi connectivity index (χ4n) is 4.83. The number of thioether (sulfide) groups is 1. The third kappa shape index (κ3) is 5.10. The maximum atomic E-state index is 13.5. The third-order valence-electron chi connectivity index (χ3n) is 6.66. The number of ketones is 1. The van der Waals surface area contributed by atoms with Crippen LogP contribution in [-0.4, -0.2) is 33.1 Å². The van der Waals surface area contributed by atoms with Gasteiger partial charge in [-0.25, -0.2) is 0 Å². The van der Waals surface area contributed by atoms with Crippen LogP contribution in [0, 0.1) is 0 Å². The maximum absolute atomic E-state index is 13.5. The van der Waals surface area contributed by atoms with Crippen molar-refractivity contribution in [3.63, 3.8) is 0 Å². The van der Waals surface area contributed by atoms with E-state index in [1.165, 1.54) is 28.0 Å². The van der Waals surface area contributed by atoms with Crippen molar-refractivity contribution in [1.29, 1.82) is 0 Å². The van der Waals surface area contributed by atoms with E-state index in [1.54, 1.807) is 42.5 Å². The molecule has 2 atom stereocenters. The number of halogens is 2. The number of Topliss-reactive ketones (excluding diaryl/α,β-unsaturated/α-hetero) is 1. The molecule has 2 aliphatic heterocycles. The summed E-state index contributed by atoms with van der Waals surface area (Å²) in [5, 5.41) is 21.3. The lowest BCUT2D eigenvalue weighted by Crippen LogP contribution is -2.29. The molecule has 7 nitrogen and oxygen atoms in total. The highest BCUT2D eigenvalue weighted by molar-refractivity contribution is 8.00. The van der Waals surface area contributed by atoms with Crippen LogP contribution >= 0.6 is 46.3 Å². The first-order valence-electron chi connectivity index (χ1n) is 12.4. The predicted octanol–water partition coefficient (Wildman–Crippen LogP) is 7.09. The van der Waals surface area contributed by atoms with Gasteiger partial charge in [0.05, 0.1) is 11.6 Å². The van der Waals surface area contributed by atoms with Gasteiger partial charge < -0.3 is 9.84 Å². The summed E-state index contributed by atoms with van der Waals surface area (Å²) >= 11 is 14.9. The summed E-state index contributed by atoms with van der Waals surface area (Å²) in [5.41, 5.74) is 2.94. The highest BCUT2D eigenvalue weighted by atomic mass is 35.5. The van der Waals surface area contributed by atoms with Gasteiger partial charge in [0.15, 0.2) is 4.34 Å². The lowest BCUT2D eigenvalue weighted by atomic mass is 9.94. The number of nitrogens with zero attached hydrogens (tertiary/aromatic N) is 3. The number of benzene rings is 3. The Morgan fingerprint density at radius 2 is 1.88 bits per heavy atom. The van der Waals surface area contributed by atoms with Crippen molar-refractivity contribution in [2.45, 2.75) is 35.6 Å². The molecule has 6 rings (SSSR count). The van der Waals surface area contributed by atoms with Crippen LogP contribution in [0.15, 0.2) is 76.6 Å². The van der Waals surface area contributed by atoms with Gasteiger partial charge in [-0.1, -0.05) is 70.6 Å². The second-order valence-electron chi connectivity index (χ2n) is 9.44. The highest BCUT2D eigenvalue weighted by Gasteiger charge is 2.48. The van der Waals surface area contributed by atoms with E-state index in [-0.39, 0.29) is 22.6 Å². The topological polar surface area (TPSA) is 92.6 Å². The monoisotopic (exact) mass is 609 g/mol. The number of anilines is 1. The molecule has 0 radical (unpaired) electrons. The molecule has 202 valence electrons. The van der Waals surface area contributed by atoms with Gasteiger partial charge in [0.25, 0.3) is 5.78 Å². The van der Waals surface area contributed by atoms with Gasteiger partial charge in [0.2, 0.25) is 5.13 Å². The first kappa shape index (κ1) is 26.8. The summed E-state index contributed by atoms with van der Waals surface area (Å²) in [6.07, 6.45) is 0.706. The molecule has 2 aliphatic rings. The molecule has 3 aromatic carbocycles. The lowest BCUT2D eigenvalue weighted by Gasteiger charge is -2.22. The summed E-state index contributed by atoms with van der Waals surface area (Å²) in [6.45, 7) is 1.97. The van der Waals surface area contributed by atoms with Gasteiger partial charge in [-0.15, -0.1) is 10.2 Å². The average Bonchev–Trinajstić information content (AvgIpc) is 3.63. The molecule has 1 fully saturated rings. The average molecular weight is 611 g/mol. The van der Waals surface area contributed by atoms with E-state index in [1.807, 2.05) is 31.2 Å². The first-order valence-corrected chi connectivity index (χ1v) is 14.9. The zero-order chi connectivity index (χ0) is 28.0. The third-order valence-corrected chi connectivity index (χ3v) is 9.27. The van der Waals surface area contributed by atoms with Crippen LogP contribution in [-0.2, 0) is 21.8 Å². The Bertz CT molecular complexity index is 1670. The quantitative estimate of drug-likeness (QED) is 0.0820. The van der Waals surface area contributed by atoms with Gasteiger partial charge in [0.1, 0.15) is 17.6 Å². The summed E-state index contributed by atoms with van der Waals surface area (Å²) in [6, 6.07) is 18.7. The van der Waals surface area contributed by atoms with E-state index in [0.717, 1.165) is 16.9 Å². The van der Waals surface area contributed by atoms with Crippen LogP contribution < -0.4 is 9.64 Å². The Morgan fingerprint density at radius 3 is 2.65 bits per heavy atom. The van der Waals surface area contributed by atoms with Crippen molar-refractivity contribution in [3.05, 3.63) is 105 Å². The summed E-state index contributed by atoms with van der Waals surface area (Å²) in [5.74, 6) is -0.500. The van der Waals surface area contributed by atoms with Crippen molar-refractivity contribution < 1.29 is 19.4 Å². The number of carbonyl (C=O) groups excluding carboxylic acids is 2. The van der Waals surface area contributed by atoms with E-state index in [0.29, 0.717) is 37.7 Å². The first-order chi connectivity index (χ1) is 19.3. The van der Waals surface area contributed by atoms with Gasteiger partial charge in [0, 0.05) is 27.8 Å². The summed E-state index contributed by atoms with van der Waals surface area (Å²) < 4.78 is 6.41.